The van der Waals surface area contributed by atoms with Crippen molar-refractivity contribution in [2.24, 2.45) is 16.3 Å². The van der Waals surface area contributed by atoms with Crippen LogP contribution in [0.4, 0.5) is 0 Å². The number of likely N-dealkylation sites (N-methyl/N-ethyl adjacent to an activating group) is 1. The average molecular weight is 281 g/mol. The Kier molecular flexibility index (Phi) is 3.80. The standard InChI is InChI=1S/C13H19N3O2S/c1-9(8-10-4-3-7-19-10)16(2)12(17)13(5-6-13)11(14)15-18/h3-4,7,9,18H,5-6,8H2,1-2H3,(H2,14,15). The normalized spacial score (nSPS) is 18.9. The third-order valence-electron chi connectivity index (χ3n) is 3.82. The van der Waals surface area contributed by atoms with Crippen LogP contribution in [-0.4, -0.2) is 34.9 Å². The first-order chi connectivity index (χ1) is 9.01. The predicted molar refractivity (Wildman–Crippen MR) is 75.3 cm³/mol. The highest BCUT2D eigenvalue weighted by molar-refractivity contribution is 7.09. The minimum Gasteiger partial charge on any atom is -0.409 e. The van der Waals surface area contributed by atoms with Gasteiger partial charge in [0.05, 0.1) is 0 Å². The van der Waals surface area contributed by atoms with E-state index in [1.54, 1.807) is 23.3 Å². The molecule has 2 rings (SSSR count). The van der Waals surface area contributed by atoms with Gasteiger partial charge in [0, 0.05) is 24.4 Å². The van der Waals surface area contributed by atoms with E-state index in [1.807, 2.05) is 18.4 Å². The quantitative estimate of drug-likeness (QED) is 0.373. The molecule has 3 N–H and O–H groups in total. The van der Waals surface area contributed by atoms with Crippen LogP contribution >= 0.6 is 11.3 Å². The lowest BCUT2D eigenvalue weighted by Gasteiger charge is -2.28. The van der Waals surface area contributed by atoms with Gasteiger partial charge in [-0.15, -0.1) is 11.3 Å². The minimum absolute atomic E-state index is 0.0349. The molecule has 19 heavy (non-hydrogen) atoms. The maximum Gasteiger partial charge on any atom is 0.236 e. The number of hydrogen-bond donors (Lipinski definition) is 2. The van der Waals surface area contributed by atoms with E-state index in [2.05, 4.69) is 11.2 Å². The third kappa shape index (κ3) is 2.58. The van der Waals surface area contributed by atoms with Gasteiger partial charge >= 0.3 is 0 Å². The molecule has 0 bridgehead atoms. The summed E-state index contributed by atoms with van der Waals surface area (Å²) in [6.45, 7) is 2.01. The number of carbonyl (C=O) groups excluding carboxylic acids is 1. The van der Waals surface area contributed by atoms with Crippen LogP contribution in [0, 0.1) is 5.41 Å². The van der Waals surface area contributed by atoms with Crippen LogP contribution < -0.4 is 5.73 Å². The van der Waals surface area contributed by atoms with Crippen LogP contribution in [0.15, 0.2) is 22.7 Å². The maximum atomic E-state index is 12.5. The molecule has 0 aliphatic heterocycles. The number of nitrogens with two attached hydrogens (primary N) is 1. The van der Waals surface area contributed by atoms with Gasteiger partial charge in [-0.1, -0.05) is 11.2 Å². The van der Waals surface area contributed by atoms with Crippen molar-refractivity contribution in [3.63, 3.8) is 0 Å². The fourth-order valence-electron chi connectivity index (χ4n) is 2.19. The fraction of sp³-hybridized carbons (Fsp3) is 0.538. The number of carbonyl (C=O) groups is 1. The van der Waals surface area contributed by atoms with Gasteiger partial charge < -0.3 is 15.8 Å². The lowest BCUT2D eigenvalue weighted by molar-refractivity contribution is -0.135. The number of rotatable bonds is 5. The second kappa shape index (κ2) is 5.21. The summed E-state index contributed by atoms with van der Waals surface area (Å²) < 4.78 is 0. The number of amides is 1. The molecule has 5 nitrogen and oxygen atoms in total. The largest absolute Gasteiger partial charge is 0.409 e. The Bertz CT molecular complexity index is 480. The van der Waals surface area contributed by atoms with Crippen LogP contribution in [0.1, 0.15) is 24.6 Å². The molecule has 1 aromatic heterocycles. The van der Waals surface area contributed by atoms with Gasteiger partial charge in [0.15, 0.2) is 5.84 Å². The van der Waals surface area contributed by atoms with Gasteiger partial charge in [0.25, 0.3) is 0 Å². The summed E-state index contributed by atoms with van der Waals surface area (Å²) in [4.78, 5) is 15.4. The van der Waals surface area contributed by atoms with E-state index in [0.717, 1.165) is 6.42 Å². The number of hydrogen-bond acceptors (Lipinski definition) is 4. The Morgan fingerprint density at radius 3 is 2.84 bits per heavy atom. The van der Waals surface area contributed by atoms with Crippen LogP contribution in [0.5, 0.6) is 0 Å². The van der Waals surface area contributed by atoms with Gasteiger partial charge in [-0.3, -0.25) is 4.79 Å². The molecule has 1 heterocycles. The first-order valence-electron chi connectivity index (χ1n) is 6.29. The Labute approximate surface area is 116 Å². The molecule has 1 unspecified atom stereocenters. The molecule has 0 saturated heterocycles. The smallest absolute Gasteiger partial charge is 0.236 e. The summed E-state index contributed by atoms with van der Waals surface area (Å²) in [5.74, 6) is -0.0143. The number of oxime groups is 1. The highest BCUT2D eigenvalue weighted by Crippen LogP contribution is 2.47. The van der Waals surface area contributed by atoms with E-state index in [1.165, 1.54) is 4.88 Å². The first kappa shape index (κ1) is 13.9. The fourth-order valence-corrected chi connectivity index (χ4v) is 3.02. The van der Waals surface area contributed by atoms with Crippen molar-refractivity contribution in [1.29, 1.82) is 0 Å². The molecule has 1 amide bonds. The first-order valence-corrected chi connectivity index (χ1v) is 7.17. The van der Waals surface area contributed by atoms with Crippen LogP contribution in [0.25, 0.3) is 0 Å². The number of amidine groups is 1. The van der Waals surface area contributed by atoms with E-state index >= 15 is 0 Å². The van der Waals surface area contributed by atoms with Crippen molar-refractivity contribution in [2.45, 2.75) is 32.2 Å². The van der Waals surface area contributed by atoms with Crippen LogP contribution in [0.3, 0.4) is 0 Å². The average Bonchev–Trinajstić information content (AvgIpc) is 3.08. The molecule has 1 atom stereocenters. The molecule has 0 spiro atoms. The number of thiophene rings is 1. The van der Waals surface area contributed by atoms with E-state index < -0.39 is 5.41 Å². The summed E-state index contributed by atoms with van der Waals surface area (Å²) in [7, 11) is 1.78. The lowest BCUT2D eigenvalue weighted by atomic mass is 10.0. The Balaban J connectivity index is 2.03. The summed E-state index contributed by atoms with van der Waals surface area (Å²) in [6, 6.07) is 4.17. The maximum absolute atomic E-state index is 12.5. The van der Waals surface area contributed by atoms with Gasteiger partial charge in [-0.05, 0) is 31.2 Å². The molecule has 1 aliphatic rings. The van der Waals surface area contributed by atoms with E-state index in [4.69, 9.17) is 10.9 Å². The van der Waals surface area contributed by atoms with Crippen molar-refractivity contribution in [3.8, 4) is 0 Å². The zero-order valence-electron chi connectivity index (χ0n) is 11.2. The van der Waals surface area contributed by atoms with Crippen LogP contribution in [0.2, 0.25) is 0 Å². The van der Waals surface area contributed by atoms with E-state index in [-0.39, 0.29) is 17.8 Å². The summed E-state index contributed by atoms with van der Waals surface area (Å²) >= 11 is 1.69. The second-order valence-electron chi connectivity index (χ2n) is 5.12. The minimum atomic E-state index is -0.757. The zero-order chi connectivity index (χ0) is 14.0. The molecule has 1 aromatic rings. The summed E-state index contributed by atoms with van der Waals surface area (Å²) in [5, 5.41) is 13.8. The van der Waals surface area contributed by atoms with Crippen molar-refractivity contribution in [1.82, 2.24) is 4.90 Å². The van der Waals surface area contributed by atoms with Crippen LogP contribution in [-0.2, 0) is 11.2 Å². The predicted octanol–water partition coefficient (Wildman–Crippen LogP) is 1.66. The number of nitrogens with zero attached hydrogens (tertiary/aromatic N) is 2. The van der Waals surface area contributed by atoms with E-state index in [0.29, 0.717) is 12.8 Å². The third-order valence-corrected chi connectivity index (χ3v) is 4.71. The van der Waals surface area contributed by atoms with E-state index in [9.17, 15) is 4.79 Å². The lowest BCUT2D eigenvalue weighted by Crippen LogP contribution is -2.45. The van der Waals surface area contributed by atoms with Gasteiger partial charge in [0.2, 0.25) is 5.91 Å². The molecule has 1 aliphatic carbocycles. The Morgan fingerprint density at radius 1 is 1.68 bits per heavy atom. The Hall–Kier alpha value is -1.56. The molecule has 0 radical (unpaired) electrons. The van der Waals surface area contributed by atoms with Crippen molar-refractivity contribution < 1.29 is 10.0 Å². The second-order valence-corrected chi connectivity index (χ2v) is 6.15. The monoisotopic (exact) mass is 281 g/mol. The molecule has 104 valence electrons. The summed E-state index contributed by atoms with van der Waals surface area (Å²) in [5.41, 5.74) is 4.89. The van der Waals surface area contributed by atoms with Gasteiger partial charge in [-0.2, -0.15) is 0 Å². The zero-order valence-corrected chi connectivity index (χ0v) is 12.0. The highest BCUT2D eigenvalue weighted by Gasteiger charge is 2.55. The van der Waals surface area contributed by atoms with Gasteiger partial charge in [0.1, 0.15) is 5.41 Å². The summed E-state index contributed by atoms with van der Waals surface area (Å²) in [6.07, 6.45) is 2.15. The molecular weight excluding hydrogens is 262 g/mol. The molecule has 1 fully saturated rings. The van der Waals surface area contributed by atoms with Crippen molar-refractivity contribution >= 4 is 23.1 Å². The Morgan fingerprint density at radius 2 is 2.37 bits per heavy atom. The molecule has 0 aromatic carbocycles. The molecular formula is C13H19N3O2S. The highest BCUT2D eigenvalue weighted by atomic mass is 32.1. The molecule has 6 heteroatoms. The van der Waals surface area contributed by atoms with Crippen molar-refractivity contribution in [3.05, 3.63) is 22.4 Å². The molecule has 1 saturated carbocycles. The van der Waals surface area contributed by atoms with Gasteiger partial charge in [-0.25, -0.2) is 0 Å². The topological polar surface area (TPSA) is 78.9 Å². The SMILES string of the molecule is CC(Cc1cccs1)N(C)C(=O)C1(/C(N)=N/O)CC1. The van der Waals surface area contributed by atoms with Crippen molar-refractivity contribution in [2.75, 3.05) is 7.05 Å².